The number of pyridine rings is 1. The molecule has 4 rings (SSSR count). The quantitative estimate of drug-likeness (QED) is 0.851. The van der Waals surface area contributed by atoms with Crippen molar-refractivity contribution in [3.05, 3.63) is 53.2 Å². The fourth-order valence-electron chi connectivity index (χ4n) is 4.54. The number of carbonyl (C=O) groups excluding carboxylic acids is 1. The van der Waals surface area contributed by atoms with Crippen molar-refractivity contribution in [2.24, 2.45) is 11.8 Å². The fraction of sp³-hybridized carbons (Fsp3) is 0.478. The third kappa shape index (κ3) is 3.45. The molecule has 1 saturated carbocycles. The van der Waals surface area contributed by atoms with E-state index >= 15 is 0 Å². The van der Waals surface area contributed by atoms with Gasteiger partial charge in [0, 0.05) is 28.3 Å². The van der Waals surface area contributed by atoms with Crippen LogP contribution in [0.15, 0.2) is 36.4 Å². The summed E-state index contributed by atoms with van der Waals surface area (Å²) in [6, 6.07) is 12.3. The van der Waals surface area contributed by atoms with E-state index < -0.39 is 0 Å². The van der Waals surface area contributed by atoms with Gasteiger partial charge in [-0.05, 0) is 63.6 Å². The molecule has 1 N–H and O–H groups in total. The molecule has 0 bridgehead atoms. The van der Waals surface area contributed by atoms with E-state index in [9.17, 15) is 4.79 Å². The zero-order chi connectivity index (χ0) is 19.0. The Morgan fingerprint density at radius 1 is 1.15 bits per heavy atom. The lowest BCUT2D eigenvalue weighted by Crippen LogP contribution is -2.37. The summed E-state index contributed by atoms with van der Waals surface area (Å²) in [7, 11) is 0. The van der Waals surface area contributed by atoms with Crippen molar-refractivity contribution in [2.75, 3.05) is 11.9 Å². The zero-order valence-corrected chi connectivity index (χ0v) is 16.4. The van der Waals surface area contributed by atoms with E-state index in [4.69, 9.17) is 4.74 Å². The van der Waals surface area contributed by atoms with Crippen LogP contribution in [0.3, 0.4) is 0 Å². The SMILES string of the molecule is Cc1ccc(NC(=O)[C@@H](C)C2CCC3(CC2)COc2nc(C)ccc23)cc1. The predicted octanol–water partition coefficient (Wildman–Crippen LogP) is 4.79. The van der Waals surface area contributed by atoms with E-state index in [1.54, 1.807) is 0 Å². The number of hydrogen-bond donors (Lipinski definition) is 1. The Morgan fingerprint density at radius 2 is 1.85 bits per heavy atom. The van der Waals surface area contributed by atoms with E-state index in [0.29, 0.717) is 5.92 Å². The van der Waals surface area contributed by atoms with Gasteiger partial charge >= 0.3 is 0 Å². The van der Waals surface area contributed by atoms with Crippen molar-refractivity contribution < 1.29 is 9.53 Å². The molecule has 1 aromatic heterocycles. The molecule has 1 amide bonds. The zero-order valence-electron chi connectivity index (χ0n) is 16.4. The van der Waals surface area contributed by atoms with Crippen LogP contribution in [0.1, 0.15) is 49.4 Å². The monoisotopic (exact) mass is 364 g/mol. The Hall–Kier alpha value is -2.36. The molecule has 1 aliphatic carbocycles. The van der Waals surface area contributed by atoms with Crippen molar-refractivity contribution >= 4 is 11.6 Å². The number of ether oxygens (including phenoxy) is 1. The Balaban J connectivity index is 1.39. The van der Waals surface area contributed by atoms with E-state index in [0.717, 1.165) is 49.6 Å². The average Bonchev–Trinajstić information content (AvgIpc) is 3.01. The van der Waals surface area contributed by atoms with Crippen molar-refractivity contribution in [3.63, 3.8) is 0 Å². The summed E-state index contributed by atoms with van der Waals surface area (Å²) in [5.74, 6) is 1.38. The van der Waals surface area contributed by atoms with Crippen molar-refractivity contribution in [3.8, 4) is 5.88 Å². The number of carbonyl (C=O) groups is 1. The highest BCUT2D eigenvalue weighted by Gasteiger charge is 2.45. The smallest absolute Gasteiger partial charge is 0.227 e. The molecule has 1 aromatic carbocycles. The van der Waals surface area contributed by atoms with E-state index in [1.807, 2.05) is 38.1 Å². The molecule has 4 heteroatoms. The highest BCUT2D eigenvalue weighted by molar-refractivity contribution is 5.92. The van der Waals surface area contributed by atoms with Gasteiger partial charge in [-0.3, -0.25) is 4.79 Å². The van der Waals surface area contributed by atoms with Gasteiger partial charge in [0.25, 0.3) is 0 Å². The summed E-state index contributed by atoms with van der Waals surface area (Å²) >= 11 is 0. The van der Waals surface area contributed by atoms with Gasteiger partial charge in [-0.15, -0.1) is 0 Å². The summed E-state index contributed by atoms with van der Waals surface area (Å²) in [6.45, 7) is 6.85. The first-order valence-electron chi connectivity index (χ1n) is 9.95. The Kier molecular flexibility index (Phi) is 4.67. The molecule has 4 nitrogen and oxygen atoms in total. The summed E-state index contributed by atoms with van der Waals surface area (Å²) < 4.78 is 5.91. The summed E-state index contributed by atoms with van der Waals surface area (Å²) in [5, 5.41) is 3.08. The van der Waals surface area contributed by atoms with Gasteiger partial charge in [0.1, 0.15) is 0 Å². The second-order valence-electron chi connectivity index (χ2n) is 8.36. The number of fused-ring (bicyclic) bond motifs is 2. The van der Waals surface area contributed by atoms with Crippen LogP contribution in [0.4, 0.5) is 5.69 Å². The van der Waals surface area contributed by atoms with Gasteiger partial charge in [-0.2, -0.15) is 0 Å². The predicted molar refractivity (Wildman–Crippen MR) is 107 cm³/mol. The number of aryl methyl sites for hydroxylation is 2. The average molecular weight is 364 g/mol. The number of rotatable bonds is 3. The third-order valence-corrected chi connectivity index (χ3v) is 6.48. The minimum Gasteiger partial charge on any atom is -0.476 e. The van der Waals surface area contributed by atoms with E-state index in [-0.39, 0.29) is 17.2 Å². The number of hydrogen-bond acceptors (Lipinski definition) is 3. The van der Waals surface area contributed by atoms with Crippen LogP contribution in [-0.4, -0.2) is 17.5 Å². The summed E-state index contributed by atoms with van der Waals surface area (Å²) in [4.78, 5) is 17.3. The maximum atomic E-state index is 12.7. The van der Waals surface area contributed by atoms with Crippen molar-refractivity contribution in [2.45, 2.75) is 51.9 Å². The molecular weight excluding hydrogens is 336 g/mol. The molecule has 1 atom stereocenters. The second-order valence-corrected chi connectivity index (χ2v) is 8.36. The summed E-state index contributed by atoms with van der Waals surface area (Å²) in [6.07, 6.45) is 4.24. The Morgan fingerprint density at radius 3 is 2.56 bits per heavy atom. The maximum absolute atomic E-state index is 12.7. The van der Waals surface area contributed by atoms with Gasteiger partial charge in [0.05, 0.1) is 6.61 Å². The lowest BCUT2D eigenvalue weighted by atomic mass is 9.66. The lowest BCUT2D eigenvalue weighted by Gasteiger charge is -2.38. The van der Waals surface area contributed by atoms with Crippen LogP contribution in [0.25, 0.3) is 0 Å². The lowest BCUT2D eigenvalue weighted by molar-refractivity contribution is -0.121. The van der Waals surface area contributed by atoms with Crippen LogP contribution in [-0.2, 0) is 10.2 Å². The van der Waals surface area contributed by atoms with Crippen LogP contribution in [0.5, 0.6) is 5.88 Å². The summed E-state index contributed by atoms with van der Waals surface area (Å²) in [5.41, 5.74) is 4.44. The molecule has 1 aliphatic heterocycles. The minimum absolute atomic E-state index is 0.0154. The standard InChI is InChI=1S/C23H28N2O2/c1-15-4-7-19(8-5-15)25-21(26)17(3)18-10-12-23(13-11-18)14-27-22-20(23)9-6-16(2)24-22/h4-9,17-18H,10-14H2,1-3H3,(H,25,26)/t17-,18?,23?/m0/s1. The minimum atomic E-state index is 0.0154. The molecule has 0 unspecified atom stereocenters. The van der Waals surface area contributed by atoms with Crippen LogP contribution >= 0.6 is 0 Å². The fourth-order valence-corrected chi connectivity index (χ4v) is 4.54. The topological polar surface area (TPSA) is 51.2 Å². The number of nitrogens with one attached hydrogen (secondary N) is 1. The van der Waals surface area contributed by atoms with Crippen LogP contribution in [0.2, 0.25) is 0 Å². The molecule has 27 heavy (non-hydrogen) atoms. The van der Waals surface area contributed by atoms with Crippen LogP contribution in [0, 0.1) is 25.7 Å². The molecule has 2 heterocycles. The number of aromatic nitrogens is 1. The molecular formula is C23H28N2O2. The molecule has 0 saturated heterocycles. The Bertz CT molecular complexity index is 836. The molecule has 0 radical (unpaired) electrons. The molecule has 142 valence electrons. The van der Waals surface area contributed by atoms with Gasteiger partial charge in [0.15, 0.2) is 0 Å². The number of nitrogens with zero attached hydrogens (tertiary/aromatic N) is 1. The third-order valence-electron chi connectivity index (χ3n) is 6.48. The number of anilines is 1. The van der Waals surface area contributed by atoms with Crippen molar-refractivity contribution in [1.82, 2.24) is 4.98 Å². The van der Waals surface area contributed by atoms with Crippen molar-refractivity contribution in [1.29, 1.82) is 0 Å². The molecule has 1 fully saturated rings. The first-order valence-corrected chi connectivity index (χ1v) is 9.95. The first-order chi connectivity index (χ1) is 13.0. The largest absolute Gasteiger partial charge is 0.476 e. The number of benzene rings is 1. The maximum Gasteiger partial charge on any atom is 0.227 e. The molecule has 1 spiro atoms. The van der Waals surface area contributed by atoms with Gasteiger partial charge < -0.3 is 10.1 Å². The van der Waals surface area contributed by atoms with E-state index in [1.165, 1.54) is 11.1 Å². The van der Waals surface area contributed by atoms with Crippen LogP contribution < -0.4 is 10.1 Å². The Labute approximate surface area is 161 Å². The first kappa shape index (κ1) is 18.0. The highest BCUT2D eigenvalue weighted by atomic mass is 16.5. The van der Waals surface area contributed by atoms with E-state index in [2.05, 4.69) is 29.4 Å². The number of amides is 1. The van der Waals surface area contributed by atoms with Gasteiger partial charge in [-0.1, -0.05) is 30.7 Å². The van der Waals surface area contributed by atoms with Gasteiger partial charge in [0.2, 0.25) is 11.8 Å². The molecule has 2 aromatic rings. The highest BCUT2D eigenvalue weighted by Crippen LogP contribution is 2.49. The van der Waals surface area contributed by atoms with Gasteiger partial charge in [-0.25, -0.2) is 4.98 Å². The normalized spacial score (nSPS) is 24.9. The molecule has 2 aliphatic rings. The second kappa shape index (κ2) is 6.99.